The molecule has 5 amide bonds. The highest BCUT2D eigenvalue weighted by Crippen LogP contribution is 2.28. The first-order chi connectivity index (χ1) is 16.9. The van der Waals surface area contributed by atoms with Crippen molar-refractivity contribution in [3.05, 3.63) is 60.4 Å². The Morgan fingerprint density at radius 2 is 2.00 bits per heavy atom. The van der Waals surface area contributed by atoms with Crippen LogP contribution in [0.5, 0.6) is 0 Å². The first kappa shape index (κ1) is 23.8. The summed E-state index contributed by atoms with van der Waals surface area (Å²) in [6.45, 7) is 2.86. The molecule has 4 N–H and O–H groups in total. The first-order valence-corrected chi connectivity index (χ1v) is 11.4. The van der Waals surface area contributed by atoms with E-state index in [0.717, 1.165) is 16.0 Å². The maximum absolute atomic E-state index is 12.8. The summed E-state index contributed by atoms with van der Waals surface area (Å²) in [6.07, 6.45) is 7.40. The predicted octanol–water partition coefficient (Wildman–Crippen LogP) is 2.37. The number of nitrogen functional groups attached to an aromatic ring is 1. The second kappa shape index (κ2) is 10.3. The SMILES string of the molecule is CCN1CCN(C(=O)NCC2=CCC(C(=O)Nc3cc(-c4ccco4)ccc3N)C=C2)C(=O)C1=O. The highest BCUT2D eigenvalue weighted by Gasteiger charge is 2.35. The predicted molar refractivity (Wildman–Crippen MR) is 130 cm³/mol. The summed E-state index contributed by atoms with van der Waals surface area (Å²) >= 11 is 0. The Labute approximate surface area is 202 Å². The van der Waals surface area contributed by atoms with Crippen molar-refractivity contribution in [2.24, 2.45) is 5.92 Å². The van der Waals surface area contributed by atoms with Gasteiger partial charge < -0.3 is 25.7 Å². The van der Waals surface area contributed by atoms with Gasteiger partial charge in [0.1, 0.15) is 5.76 Å². The number of hydrogen-bond acceptors (Lipinski definition) is 6. The average molecular weight is 478 g/mol. The number of rotatable bonds is 6. The molecule has 2 aliphatic rings. The van der Waals surface area contributed by atoms with E-state index in [0.29, 0.717) is 36.6 Å². The molecule has 1 atom stereocenters. The molecule has 182 valence electrons. The number of anilines is 2. The van der Waals surface area contributed by atoms with Crippen molar-refractivity contribution in [3.8, 4) is 11.3 Å². The van der Waals surface area contributed by atoms with E-state index in [-0.39, 0.29) is 19.0 Å². The number of nitrogens with two attached hydrogens (primary N) is 1. The van der Waals surface area contributed by atoms with E-state index < -0.39 is 23.8 Å². The number of nitrogens with one attached hydrogen (secondary N) is 2. The van der Waals surface area contributed by atoms with Crippen LogP contribution in [0, 0.1) is 5.92 Å². The van der Waals surface area contributed by atoms with Gasteiger partial charge in [-0.15, -0.1) is 0 Å². The normalized spacial score (nSPS) is 17.9. The molecule has 1 fully saturated rings. The Morgan fingerprint density at radius 1 is 1.17 bits per heavy atom. The van der Waals surface area contributed by atoms with Gasteiger partial charge in [0.25, 0.3) is 0 Å². The average Bonchev–Trinajstić information content (AvgIpc) is 3.41. The standard InChI is InChI=1S/C25H27N5O5/c1-2-29-11-12-30(24(33)23(29)32)25(34)27-15-16-5-7-17(8-6-16)22(31)28-20-14-18(9-10-19(20)26)21-4-3-13-35-21/h3-7,9-10,13-14,17H,2,8,11-12,15,26H2,1H3,(H,27,34)(H,28,31). The van der Waals surface area contributed by atoms with Gasteiger partial charge in [-0.05, 0) is 49.2 Å². The van der Waals surface area contributed by atoms with Crippen molar-refractivity contribution in [3.63, 3.8) is 0 Å². The lowest BCUT2D eigenvalue weighted by molar-refractivity contribution is -0.153. The monoisotopic (exact) mass is 477 g/mol. The number of hydrogen-bond donors (Lipinski definition) is 3. The number of imide groups is 1. The number of furan rings is 1. The van der Waals surface area contributed by atoms with Crippen molar-refractivity contribution in [2.45, 2.75) is 13.3 Å². The van der Waals surface area contributed by atoms with Gasteiger partial charge in [0.05, 0.1) is 23.6 Å². The number of benzene rings is 1. The number of nitrogens with zero attached hydrogens (tertiary/aromatic N) is 2. The minimum Gasteiger partial charge on any atom is -0.464 e. The van der Waals surface area contributed by atoms with E-state index in [1.807, 2.05) is 18.2 Å². The fraction of sp³-hybridized carbons (Fsp3) is 0.280. The van der Waals surface area contributed by atoms with Crippen LogP contribution in [0.3, 0.4) is 0 Å². The molecule has 1 aliphatic carbocycles. The van der Waals surface area contributed by atoms with Crippen molar-refractivity contribution in [1.82, 2.24) is 15.1 Å². The molecule has 1 aromatic heterocycles. The van der Waals surface area contributed by atoms with Gasteiger partial charge >= 0.3 is 17.8 Å². The highest BCUT2D eigenvalue weighted by molar-refractivity contribution is 6.38. The third-order valence-corrected chi connectivity index (χ3v) is 6.01. The van der Waals surface area contributed by atoms with E-state index in [2.05, 4.69) is 10.6 Å². The van der Waals surface area contributed by atoms with Gasteiger partial charge in [0.2, 0.25) is 5.91 Å². The molecule has 0 radical (unpaired) electrons. The zero-order chi connectivity index (χ0) is 24.9. The van der Waals surface area contributed by atoms with E-state index in [1.165, 1.54) is 4.90 Å². The molecule has 1 aromatic carbocycles. The highest BCUT2D eigenvalue weighted by atomic mass is 16.3. The number of allylic oxidation sites excluding steroid dienone is 1. The van der Waals surface area contributed by atoms with E-state index in [9.17, 15) is 19.2 Å². The Balaban J connectivity index is 1.29. The molecular weight excluding hydrogens is 450 g/mol. The van der Waals surface area contributed by atoms with Gasteiger partial charge in [-0.25, -0.2) is 4.79 Å². The number of carbonyl (C=O) groups excluding carboxylic acids is 4. The van der Waals surface area contributed by atoms with E-state index in [4.69, 9.17) is 10.2 Å². The molecule has 0 spiro atoms. The molecule has 35 heavy (non-hydrogen) atoms. The maximum Gasteiger partial charge on any atom is 0.324 e. The van der Waals surface area contributed by atoms with Gasteiger partial charge in [-0.3, -0.25) is 19.3 Å². The van der Waals surface area contributed by atoms with Crippen LogP contribution < -0.4 is 16.4 Å². The lowest BCUT2D eigenvalue weighted by Gasteiger charge is -2.31. The summed E-state index contributed by atoms with van der Waals surface area (Å²) in [5.41, 5.74) is 8.58. The molecule has 2 heterocycles. The van der Waals surface area contributed by atoms with Crippen molar-refractivity contribution in [1.29, 1.82) is 0 Å². The molecule has 2 aromatic rings. The fourth-order valence-corrected chi connectivity index (χ4v) is 3.92. The fourth-order valence-electron chi connectivity index (χ4n) is 3.92. The van der Waals surface area contributed by atoms with Crippen LogP contribution in [-0.4, -0.2) is 59.7 Å². The number of amides is 5. The third kappa shape index (κ3) is 5.26. The van der Waals surface area contributed by atoms with Crippen LogP contribution in [0.25, 0.3) is 11.3 Å². The van der Waals surface area contributed by atoms with Crippen molar-refractivity contribution >= 4 is 35.1 Å². The summed E-state index contributed by atoms with van der Waals surface area (Å²) in [5, 5.41) is 5.54. The third-order valence-electron chi connectivity index (χ3n) is 6.01. The van der Waals surface area contributed by atoms with Crippen molar-refractivity contribution < 1.29 is 23.6 Å². The van der Waals surface area contributed by atoms with E-state index in [1.54, 1.807) is 43.5 Å². The molecule has 0 saturated carbocycles. The van der Waals surface area contributed by atoms with E-state index >= 15 is 0 Å². The van der Waals surface area contributed by atoms with Gasteiger partial charge in [0, 0.05) is 31.7 Å². The zero-order valence-corrected chi connectivity index (χ0v) is 19.3. The summed E-state index contributed by atoms with van der Waals surface area (Å²) in [6, 6.07) is 8.30. The smallest absolute Gasteiger partial charge is 0.324 e. The largest absolute Gasteiger partial charge is 0.464 e. The second-order valence-electron chi connectivity index (χ2n) is 8.25. The van der Waals surface area contributed by atoms with Gasteiger partial charge in [-0.1, -0.05) is 18.2 Å². The van der Waals surface area contributed by atoms with Crippen LogP contribution in [0.2, 0.25) is 0 Å². The summed E-state index contributed by atoms with van der Waals surface area (Å²) in [7, 11) is 0. The van der Waals surface area contributed by atoms with Crippen LogP contribution in [0.1, 0.15) is 13.3 Å². The molecule has 1 unspecified atom stereocenters. The number of carbonyl (C=O) groups is 4. The molecule has 1 aliphatic heterocycles. The van der Waals surface area contributed by atoms with Crippen LogP contribution >= 0.6 is 0 Å². The minimum atomic E-state index is -0.823. The molecular formula is C25H27N5O5. The summed E-state index contributed by atoms with van der Waals surface area (Å²) in [5.74, 6) is -1.43. The Hall–Kier alpha value is -4.34. The lowest BCUT2D eigenvalue weighted by Crippen LogP contribution is -2.58. The van der Waals surface area contributed by atoms with Crippen LogP contribution in [-0.2, 0) is 14.4 Å². The van der Waals surface area contributed by atoms with Crippen molar-refractivity contribution in [2.75, 3.05) is 37.2 Å². The Bertz CT molecular complexity index is 1200. The lowest BCUT2D eigenvalue weighted by atomic mass is 9.95. The summed E-state index contributed by atoms with van der Waals surface area (Å²) in [4.78, 5) is 51.7. The number of piperazine rings is 1. The molecule has 1 saturated heterocycles. The van der Waals surface area contributed by atoms with Gasteiger partial charge in [0.15, 0.2) is 0 Å². The zero-order valence-electron chi connectivity index (χ0n) is 19.3. The first-order valence-electron chi connectivity index (χ1n) is 11.4. The Kier molecular flexibility index (Phi) is 7.00. The van der Waals surface area contributed by atoms with Gasteiger partial charge in [-0.2, -0.15) is 0 Å². The molecule has 4 rings (SSSR count). The number of likely N-dealkylation sites (N-methyl/N-ethyl adjacent to an activating group) is 1. The summed E-state index contributed by atoms with van der Waals surface area (Å²) < 4.78 is 5.40. The second-order valence-corrected chi connectivity index (χ2v) is 8.25. The molecule has 10 nitrogen and oxygen atoms in total. The maximum atomic E-state index is 12.8. The topological polar surface area (TPSA) is 138 Å². The molecule has 0 bridgehead atoms. The number of urea groups is 1. The quantitative estimate of drug-likeness (QED) is 0.431. The molecule has 10 heteroatoms. The van der Waals surface area contributed by atoms with Crippen LogP contribution in [0.4, 0.5) is 16.2 Å². The van der Waals surface area contributed by atoms with Crippen LogP contribution in [0.15, 0.2) is 64.8 Å². The Morgan fingerprint density at radius 3 is 2.69 bits per heavy atom. The minimum absolute atomic E-state index is 0.158.